The summed E-state index contributed by atoms with van der Waals surface area (Å²) in [6.45, 7) is 1.97. The summed E-state index contributed by atoms with van der Waals surface area (Å²) in [5.74, 6) is 0.135. The van der Waals surface area contributed by atoms with Gasteiger partial charge in [0, 0.05) is 31.1 Å². The van der Waals surface area contributed by atoms with E-state index < -0.39 is 0 Å². The molecule has 1 spiro atoms. The Kier molecular flexibility index (Phi) is 3.61. The molecule has 3 nitrogen and oxygen atoms in total. The van der Waals surface area contributed by atoms with Gasteiger partial charge in [-0.3, -0.25) is 4.79 Å². The van der Waals surface area contributed by atoms with Crippen molar-refractivity contribution in [2.75, 3.05) is 19.8 Å². The molecule has 19 heavy (non-hydrogen) atoms. The smallest absolute Gasteiger partial charge is 0.167 e. The van der Waals surface area contributed by atoms with Gasteiger partial charge in [0.2, 0.25) is 0 Å². The molecule has 2 aliphatic heterocycles. The minimum absolute atomic E-state index is 0.00431. The lowest BCUT2D eigenvalue weighted by molar-refractivity contribution is -0.0920. The number of Topliss-reactive ketones (excluding diaryl/α,β-unsaturated/α-hetero) is 1. The highest BCUT2D eigenvalue weighted by Gasteiger charge is 2.43. The topological polar surface area (TPSA) is 35.5 Å². The molecule has 2 atom stereocenters. The molecule has 0 N–H and O–H groups in total. The number of carbonyl (C=O) groups is 1. The summed E-state index contributed by atoms with van der Waals surface area (Å²) in [7, 11) is 0. The molecule has 0 amide bonds. The molecule has 3 rings (SSSR count). The fourth-order valence-electron chi connectivity index (χ4n) is 3.00. The maximum Gasteiger partial charge on any atom is 0.167 e. The number of hydrogen-bond acceptors (Lipinski definition) is 3. The van der Waals surface area contributed by atoms with E-state index in [0.717, 1.165) is 25.9 Å². The standard InChI is InChI=1S/C15H17ClO3/c16-13-4-2-1-3-12(13)14(17)11-5-7-19-15(9-11)6-8-18-10-15/h1-4,11H,5-10H2. The van der Waals surface area contributed by atoms with Gasteiger partial charge in [0.25, 0.3) is 0 Å². The van der Waals surface area contributed by atoms with E-state index in [1.165, 1.54) is 0 Å². The average Bonchev–Trinajstić information content (AvgIpc) is 2.86. The Hall–Kier alpha value is -0.900. The molecule has 0 aromatic heterocycles. The van der Waals surface area contributed by atoms with Crippen LogP contribution in [-0.4, -0.2) is 31.2 Å². The van der Waals surface area contributed by atoms with Crippen molar-refractivity contribution in [1.29, 1.82) is 0 Å². The van der Waals surface area contributed by atoms with E-state index in [-0.39, 0.29) is 17.3 Å². The van der Waals surface area contributed by atoms with E-state index in [2.05, 4.69) is 0 Å². The van der Waals surface area contributed by atoms with Crippen molar-refractivity contribution >= 4 is 17.4 Å². The molecule has 102 valence electrons. The second-order valence-electron chi connectivity index (χ2n) is 5.37. The summed E-state index contributed by atoms with van der Waals surface area (Å²) < 4.78 is 11.3. The van der Waals surface area contributed by atoms with Gasteiger partial charge >= 0.3 is 0 Å². The third-order valence-electron chi connectivity index (χ3n) is 4.07. The first-order valence-corrected chi connectivity index (χ1v) is 7.08. The molecule has 0 bridgehead atoms. The molecule has 2 fully saturated rings. The van der Waals surface area contributed by atoms with Crippen molar-refractivity contribution in [3.63, 3.8) is 0 Å². The van der Waals surface area contributed by atoms with Crippen molar-refractivity contribution in [3.05, 3.63) is 34.9 Å². The predicted octanol–water partition coefficient (Wildman–Crippen LogP) is 3.11. The second kappa shape index (κ2) is 5.23. The van der Waals surface area contributed by atoms with Crippen LogP contribution < -0.4 is 0 Å². The van der Waals surface area contributed by atoms with Crippen LogP contribution in [0, 0.1) is 5.92 Å². The van der Waals surface area contributed by atoms with Gasteiger partial charge in [-0.1, -0.05) is 23.7 Å². The van der Waals surface area contributed by atoms with Crippen molar-refractivity contribution in [3.8, 4) is 0 Å². The lowest BCUT2D eigenvalue weighted by Gasteiger charge is -2.36. The Balaban J connectivity index is 1.78. The number of hydrogen-bond donors (Lipinski definition) is 0. The Labute approximate surface area is 117 Å². The van der Waals surface area contributed by atoms with Crippen LogP contribution in [0.1, 0.15) is 29.6 Å². The normalized spacial score (nSPS) is 30.7. The third kappa shape index (κ3) is 2.55. The molecular formula is C15H17ClO3. The van der Waals surface area contributed by atoms with Gasteiger partial charge in [0.1, 0.15) is 0 Å². The summed E-state index contributed by atoms with van der Waals surface area (Å²) in [6.07, 6.45) is 2.40. The molecule has 0 saturated carbocycles. The highest BCUT2D eigenvalue weighted by Crippen LogP contribution is 2.37. The first-order chi connectivity index (χ1) is 9.20. The Morgan fingerprint density at radius 3 is 2.89 bits per heavy atom. The van der Waals surface area contributed by atoms with Gasteiger partial charge in [0.15, 0.2) is 5.78 Å². The molecule has 4 heteroatoms. The fraction of sp³-hybridized carbons (Fsp3) is 0.533. The lowest BCUT2D eigenvalue weighted by Crippen LogP contribution is -2.42. The highest BCUT2D eigenvalue weighted by atomic mass is 35.5. The summed E-state index contributed by atoms with van der Waals surface area (Å²) >= 11 is 6.11. The summed E-state index contributed by atoms with van der Waals surface area (Å²) in [6, 6.07) is 7.27. The number of halogens is 1. The monoisotopic (exact) mass is 280 g/mol. The van der Waals surface area contributed by atoms with Crippen molar-refractivity contribution in [2.45, 2.75) is 24.9 Å². The first kappa shape index (κ1) is 13.1. The SMILES string of the molecule is O=C(c1ccccc1Cl)C1CCOC2(CCOC2)C1. The van der Waals surface area contributed by atoms with E-state index >= 15 is 0 Å². The Bertz CT molecular complexity index is 480. The van der Waals surface area contributed by atoms with Crippen LogP contribution in [0.25, 0.3) is 0 Å². The van der Waals surface area contributed by atoms with Crippen LogP contribution in [0.15, 0.2) is 24.3 Å². The summed E-state index contributed by atoms with van der Waals surface area (Å²) in [5.41, 5.74) is 0.393. The number of ether oxygens (including phenoxy) is 2. The Morgan fingerprint density at radius 1 is 1.32 bits per heavy atom. The number of ketones is 1. The maximum atomic E-state index is 12.6. The highest BCUT2D eigenvalue weighted by molar-refractivity contribution is 6.34. The van der Waals surface area contributed by atoms with Crippen molar-refractivity contribution in [2.24, 2.45) is 5.92 Å². The molecule has 2 heterocycles. The van der Waals surface area contributed by atoms with Gasteiger partial charge < -0.3 is 9.47 Å². The number of rotatable bonds is 2. The zero-order valence-electron chi connectivity index (χ0n) is 10.7. The molecular weight excluding hydrogens is 264 g/mol. The summed E-state index contributed by atoms with van der Waals surface area (Å²) in [4.78, 5) is 12.6. The largest absolute Gasteiger partial charge is 0.378 e. The molecule has 0 radical (unpaired) electrons. The quantitative estimate of drug-likeness (QED) is 0.781. The maximum absolute atomic E-state index is 12.6. The second-order valence-corrected chi connectivity index (χ2v) is 5.78. The van der Waals surface area contributed by atoms with Gasteiger partial charge in [-0.25, -0.2) is 0 Å². The molecule has 2 aliphatic rings. The molecule has 1 aromatic rings. The van der Waals surface area contributed by atoms with Crippen molar-refractivity contribution in [1.82, 2.24) is 0 Å². The number of carbonyl (C=O) groups excluding carboxylic acids is 1. The van der Waals surface area contributed by atoms with Crippen LogP contribution in [0.3, 0.4) is 0 Å². The van der Waals surface area contributed by atoms with Crippen LogP contribution in [-0.2, 0) is 9.47 Å². The predicted molar refractivity (Wildman–Crippen MR) is 72.6 cm³/mol. The van der Waals surface area contributed by atoms with E-state index in [4.69, 9.17) is 21.1 Å². The third-order valence-corrected chi connectivity index (χ3v) is 4.40. The van der Waals surface area contributed by atoms with Crippen LogP contribution >= 0.6 is 11.6 Å². The van der Waals surface area contributed by atoms with E-state index in [1.54, 1.807) is 12.1 Å². The van der Waals surface area contributed by atoms with Crippen LogP contribution in [0.5, 0.6) is 0 Å². The van der Waals surface area contributed by atoms with Gasteiger partial charge in [-0.15, -0.1) is 0 Å². The van der Waals surface area contributed by atoms with Crippen LogP contribution in [0.2, 0.25) is 5.02 Å². The number of benzene rings is 1. The molecule has 2 saturated heterocycles. The molecule has 1 aromatic carbocycles. The first-order valence-electron chi connectivity index (χ1n) is 6.71. The lowest BCUT2D eigenvalue weighted by atomic mass is 9.81. The minimum Gasteiger partial charge on any atom is -0.378 e. The van der Waals surface area contributed by atoms with E-state index in [0.29, 0.717) is 23.8 Å². The van der Waals surface area contributed by atoms with E-state index in [9.17, 15) is 4.79 Å². The zero-order chi connectivity index (χ0) is 13.3. The van der Waals surface area contributed by atoms with Crippen molar-refractivity contribution < 1.29 is 14.3 Å². The zero-order valence-corrected chi connectivity index (χ0v) is 11.5. The summed E-state index contributed by atoms with van der Waals surface area (Å²) in [5, 5.41) is 0.538. The van der Waals surface area contributed by atoms with E-state index in [1.807, 2.05) is 12.1 Å². The minimum atomic E-state index is -0.236. The average molecular weight is 281 g/mol. The van der Waals surface area contributed by atoms with Gasteiger partial charge in [0.05, 0.1) is 17.2 Å². The molecule has 2 unspecified atom stereocenters. The van der Waals surface area contributed by atoms with Crippen LogP contribution in [0.4, 0.5) is 0 Å². The fourth-order valence-corrected chi connectivity index (χ4v) is 3.22. The Morgan fingerprint density at radius 2 is 2.16 bits per heavy atom. The van der Waals surface area contributed by atoms with Gasteiger partial charge in [-0.2, -0.15) is 0 Å². The van der Waals surface area contributed by atoms with Gasteiger partial charge in [-0.05, 0) is 25.0 Å². The molecule has 0 aliphatic carbocycles.